The number of nitrogens with zero attached hydrogens (tertiary/aromatic N) is 4. The maximum absolute atomic E-state index is 2.36. The Hall–Kier alpha value is -13.8. The number of fused-ring (bicyclic) bond motifs is 5. The Labute approximate surface area is 649 Å². The van der Waals surface area contributed by atoms with Crippen molar-refractivity contribution in [2.24, 2.45) is 28.2 Å². The molecule has 0 aliphatic rings. The summed E-state index contributed by atoms with van der Waals surface area (Å²) >= 11 is 0. The lowest BCUT2D eigenvalue weighted by Gasteiger charge is -2.16. The van der Waals surface area contributed by atoms with E-state index in [1.54, 1.807) is 0 Å². The summed E-state index contributed by atoms with van der Waals surface area (Å²) < 4.78 is 9.09. The molecule has 0 N–H and O–H groups in total. The smallest absolute Gasteiger partial charge is 0.201 e. The summed E-state index contributed by atoms with van der Waals surface area (Å²) in [4.78, 5) is 0. The number of hydrogen-bond donors (Lipinski definition) is 0. The maximum Gasteiger partial charge on any atom is 0.221 e. The van der Waals surface area contributed by atoms with Crippen molar-refractivity contribution in [2.75, 3.05) is 0 Å². The molecule has 0 aliphatic carbocycles. The van der Waals surface area contributed by atoms with Crippen LogP contribution < -0.4 is 18.3 Å². The third-order valence-electron chi connectivity index (χ3n) is 24.6. The lowest BCUT2D eigenvalue weighted by Crippen LogP contribution is -2.32. The Morgan fingerprint density at radius 3 is 0.964 bits per heavy atom. The number of benzene rings is 20. The summed E-state index contributed by atoms with van der Waals surface area (Å²) in [5.74, 6) is 0. The first-order valence-electron chi connectivity index (χ1n) is 39.1. The molecule has 24 rings (SSSR count). The van der Waals surface area contributed by atoms with E-state index in [-0.39, 0.29) is 0 Å². The summed E-state index contributed by atoms with van der Waals surface area (Å²) in [7, 11) is 8.61. The number of rotatable bonds is 4. The lowest BCUT2D eigenvalue weighted by molar-refractivity contribution is -0.660. The van der Waals surface area contributed by atoms with Crippen LogP contribution in [0.2, 0.25) is 0 Å². The van der Waals surface area contributed by atoms with Crippen LogP contribution in [-0.4, -0.2) is 0 Å². The molecule has 4 nitrogen and oxygen atoms in total. The fourth-order valence-electron chi connectivity index (χ4n) is 19.6. The molecular formula is C108H80N4+4. The van der Waals surface area contributed by atoms with E-state index in [9.17, 15) is 0 Å². The predicted molar refractivity (Wildman–Crippen MR) is 476 cm³/mol. The highest BCUT2D eigenvalue weighted by Crippen LogP contribution is 2.47. The summed E-state index contributed by atoms with van der Waals surface area (Å²) in [5, 5.41) is 41.2. The molecule has 528 valence electrons. The third kappa shape index (κ3) is 10.4. The van der Waals surface area contributed by atoms with Gasteiger partial charge in [0.2, 0.25) is 28.3 Å². The molecule has 4 heteroatoms. The summed E-state index contributed by atoms with van der Waals surface area (Å²) in [6.45, 7) is 8.95. The molecule has 0 atom stereocenters. The Morgan fingerprint density at radius 1 is 0.179 bits per heavy atom. The first kappa shape index (κ1) is 66.4. The minimum absolute atomic E-state index is 1.25. The molecule has 0 saturated heterocycles. The molecule has 0 amide bonds. The molecule has 0 bridgehead atoms. The largest absolute Gasteiger partial charge is 0.221 e. The number of aromatic nitrogens is 4. The van der Waals surface area contributed by atoms with Crippen LogP contribution in [0.15, 0.2) is 340 Å². The summed E-state index contributed by atoms with van der Waals surface area (Å²) in [6, 6.07) is 118. The van der Waals surface area contributed by atoms with E-state index in [1.165, 1.54) is 240 Å². The van der Waals surface area contributed by atoms with Gasteiger partial charge in [0.15, 0.2) is 18.6 Å². The van der Waals surface area contributed by atoms with Crippen molar-refractivity contribution < 1.29 is 18.3 Å². The van der Waals surface area contributed by atoms with Gasteiger partial charge in [0.25, 0.3) is 0 Å². The molecule has 112 heavy (non-hydrogen) atoms. The van der Waals surface area contributed by atoms with Gasteiger partial charge in [-0.2, -0.15) is 4.57 Å². The van der Waals surface area contributed by atoms with Crippen LogP contribution in [0.1, 0.15) is 22.3 Å². The molecule has 4 heterocycles. The first-order chi connectivity index (χ1) is 54.9. The van der Waals surface area contributed by atoms with Crippen molar-refractivity contribution in [1.29, 1.82) is 0 Å². The predicted octanol–water partition coefficient (Wildman–Crippen LogP) is 26.1. The van der Waals surface area contributed by atoms with Gasteiger partial charge in [0.1, 0.15) is 28.2 Å². The van der Waals surface area contributed by atoms with E-state index in [4.69, 9.17) is 0 Å². The minimum atomic E-state index is 1.25. The van der Waals surface area contributed by atoms with Crippen molar-refractivity contribution in [3.63, 3.8) is 0 Å². The fourth-order valence-corrected chi connectivity index (χ4v) is 19.6. The molecule has 24 aromatic rings. The normalized spacial score (nSPS) is 11.9. The topological polar surface area (TPSA) is 15.5 Å². The minimum Gasteiger partial charge on any atom is -0.201 e. The average Bonchev–Trinajstić information content (AvgIpc) is 0.765. The molecule has 0 fully saturated rings. The van der Waals surface area contributed by atoms with Crippen molar-refractivity contribution in [3.8, 4) is 45.0 Å². The lowest BCUT2D eigenvalue weighted by atomic mass is 9.87. The van der Waals surface area contributed by atoms with Crippen molar-refractivity contribution in [3.05, 3.63) is 362 Å². The summed E-state index contributed by atoms with van der Waals surface area (Å²) in [6.07, 6.45) is 6.50. The standard InChI is InChI=1S/C31H22N.2C27H20N.C23H18N/c1-19-18-23-11-10-21-7-5-8-22-13-15-27(30(23)29(21)22)28(19)31-26-14-12-20-6-3-4-9-24(20)25(26)16-17-32(31)2;1-17-16-21-11-10-19-7-5-8-20-12-14-22(27(21)26(19)20)25(17)24-15-13-18-6-3-4-9-23(18)28(24)2;1-17-16-21-11-10-19-7-5-8-20-12-13-23(26(21)25(19)20)24(17)27-22-9-4-3-6-18(22)14-15-28(27)2;1-15-14-18-10-9-16-6-5-7-17-11-12-19(23(18)22(16)17)21(15)20-8-3-4-13-24(20)2/h3-18H,1-2H3;2*3-16H,1-2H3;3-14H,1-2H3/q4*+1. The third-order valence-corrected chi connectivity index (χ3v) is 24.6. The zero-order chi connectivity index (χ0) is 75.3. The van der Waals surface area contributed by atoms with Gasteiger partial charge in [-0.15, -0.1) is 0 Å². The highest BCUT2D eigenvalue weighted by Gasteiger charge is 2.27. The van der Waals surface area contributed by atoms with E-state index in [0.29, 0.717) is 0 Å². The highest BCUT2D eigenvalue weighted by molar-refractivity contribution is 6.30. The van der Waals surface area contributed by atoms with Gasteiger partial charge in [-0.1, -0.05) is 255 Å². The van der Waals surface area contributed by atoms with E-state index in [2.05, 4.69) is 414 Å². The van der Waals surface area contributed by atoms with Crippen LogP contribution in [0.3, 0.4) is 0 Å². The van der Waals surface area contributed by atoms with Crippen molar-refractivity contribution in [2.45, 2.75) is 27.7 Å². The molecule has 4 aromatic heterocycles. The van der Waals surface area contributed by atoms with Gasteiger partial charge < -0.3 is 0 Å². The number of pyridine rings is 4. The first-order valence-corrected chi connectivity index (χ1v) is 39.1. The zero-order valence-corrected chi connectivity index (χ0v) is 64.1. The van der Waals surface area contributed by atoms with Crippen LogP contribution in [-0.2, 0) is 28.2 Å². The van der Waals surface area contributed by atoms with E-state index in [1.807, 2.05) is 0 Å². The van der Waals surface area contributed by atoms with Crippen molar-refractivity contribution >= 4 is 172 Å². The molecule has 0 radical (unpaired) electrons. The molecule has 20 aromatic carbocycles. The second-order valence-electron chi connectivity index (χ2n) is 31.1. The molecule has 0 saturated carbocycles. The highest BCUT2D eigenvalue weighted by atomic mass is 14.9. The maximum atomic E-state index is 2.36. The van der Waals surface area contributed by atoms with Gasteiger partial charge in [0, 0.05) is 47.2 Å². The second kappa shape index (κ2) is 25.9. The molecule has 0 unspecified atom stereocenters. The number of para-hydroxylation sites is 1. The quantitative estimate of drug-likeness (QED) is 0.123. The molecule has 0 aliphatic heterocycles. The number of aryl methyl sites for hydroxylation is 8. The SMILES string of the molecule is Cc1cc2ccc3cccc4ccc(c1-c1c5ccc6ccccc6c5cc[n+]1C)c2c34.Cc1cc2ccc3cccc4ccc(c1-c1c5ccccc5cc[n+]1C)c2c34.Cc1cc2ccc3cccc4ccc(c1-c1ccc5ccccc5[n+]1C)c2c34.Cc1cc2ccc3cccc4ccc(c1-c1cccc[n+]1C)c2c34. The van der Waals surface area contributed by atoms with Crippen molar-refractivity contribution in [1.82, 2.24) is 0 Å². The Bertz CT molecular complexity index is 7920. The van der Waals surface area contributed by atoms with Gasteiger partial charge >= 0.3 is 0 Å². The molecular weight excluding hydrogens is 1350 g/mol. The Balaban J connectivity index is 0.0000000947. The number of hydrogen-bond acceptors (Lipinski definition) is 0. The fraction of sp³-hybridized carbons (Fsp3) is 0.0741. The molecule has 0 spiro atoms. The average molecular weight is 1430 g/mol. The van der Waals surface area contributed by atoms with Gasteiger partial charge in [-0.25, -0.2) is 13.7 Å². The van der Waals surface area contributed by atoms with Crippen LogP contribution in [0, 0.1) is 27.7 Å². The Morgan fingerprint density at radius 2 is 0.500 bits per heavy atom. The van der Waals surface area contributed by atoms with E-state index in [0.717, 1.165) is 0 Å². The summed E-state index contributed by atoms with van der Waals surface area (Å²) in [5.41, 5.74) is 16.9. The second-order valence-corrected chi connectivity index (χ2v) is 31.1. The monoisotopic (exact) mass is 1430 g/mol. The van der Waals surface area contributed by atoms with E-state index >= 15 is 0 Å². The van der Waals surface area contributed by atoms with Crippen LogP contribution in [0.5, 0.6) is 0 Å². The van der Waals surface area contributed by atoms with Crippen LogP contribution in [0.4, 0.5) is 0 Å². The van der Waals surface area contributed by atoms with Crippen LogP contribution in [0.25, 0.3) is 218 Å². The van der Waals surface area contributed by atoms with Crippen LogP contribution >= 0.6 is 0 Å². The zero-order valence-electron chi connectivity index (χ0n) is 64.1. The van der Waals surface area contributed by atoms with Gasteiger partial charge in [-0.3, -0.25) is 0 Å². The van der Waals surface area contributed by atoms with E-state index < -0.39 is 0 Å². The van der Waals surface area contributed by atoms with Gasteiger partial charge in [0.05, 0.1) is 33.0 Å². The van der Waals surface area contributed by atoms with Gasteiger partial charge in [-0.05, 0) is 226 Å². The Kier molecular flexibility index (Phi) is 15.4.